The molecule has 1 aliphatic heterocycles. The molecule has 0 amide bonds. The standard InChI is InChI=1S/C20H24Cl2N2O2S.ClH/c1-14-12-18(21)15(2)20(19(14)22)27(25,26)23-17-8-10-24(11-9-17)13-16-6-4-3-5-7-16;/h3-7,12,17,23H,8-11,13H2,1-2H3;1H. The van der Waals surface area contributed by atoms with Gasteiger partial charge >= 0.3 is 0 Å². The molecule has 0 unspecified atom stereocenters. The van der Waals surface area contributed by atoms with Crippen molar-refractivity contribution in [1.82, 2.24) is 9.62 Å². The minimum absolute atomic E-state index is 0. The quantitative estimate of drug-likeness (QED) is 0.680. The van der Waals surface area contributed by atoms with E-state index in [1.807, 2.05) is 18.2 Å². The lowest BCUT2D eigenvalue weighted by Gasteiger charge is -2.32. The number of hydrogen-bond donors (Lipinski definition) is 1. The van der Waals surface area contributed by atoms with Crippen LogP contribution in [0.25, 0.3) is 0 Å². The monoisotopic (exact) mass is 462 g/mol. The Labute approximate surface area is 183 Å². The van der Waals surface area contributed by atoms with Crippen LogP contribution in [0.2, 0.25) is 10.0 Å². The van der Waals surface area contributed by atoms with Crippen LogP contribution < -0.4 is 4.72 Å². The van der Waals surface area contributed by atoms with E-state index >= 15 is 0 Å². The first-order valence-electron chi connectivity index (χ1n) is 9.01. The Bertz CT molecular complexity index is 887. The number of piperidine rings is 1. The highest BCUT2D eigenvalue weighted by molar-refractivity contribution is 7.89. The largest absolute Gasteiger partial charge is 0.299 e. The molecule has 1 N–H and O–H groups in total. The molecule has 1 saturated heterocycles. The van der Waals surface area contributed by atoms with Crippen molar-refractivity contribution in [1.29, 1.82) is 0 Å². The van der Waals surface area contributed by atoms with Crippen LogP contribution >= 0.6 is 35.6 Å². The third-order valence-electron chi connectivity index (χ3n) is 5.01. The molecule has 1 heterocycles. The second kappa shape index (κ2) is 9.79. The van der Waals surface area contributed by atoms with Crippen LogP contribution in [-0.4, -0.2) is 32.4 Å². The molecule has 8 heteroatoms. The topological polar surface area (TPSA) is 49.4 Å². The highest BCUT2D eigenvalue weighted by atomic mass is 35.5. The van der Waals surface area contributed by atoms with Gasteiger partial charge in [0.05, 0.1) is 5.02 Å². The normalized spacial score (nSPS) is 16.0. The van der Waals surface area contributed by atoms with E-state index in [1.54, 1.807) is 19.9 Å². The van der Waals surface area contributed by atoms with Gasteiger partial charge in [0.15, 0.2) is 0 Å². The molecule has 0 atom stereocenters. The maximum absolute atomic E-state index is 13.0. The van der Waals surface area contributed by atoms with Crippen molar-refractivity contribution >= 4 is 45.6 Å². The summed E-state index contributed by atoms with van der Waals surface area (Å²) in [5, 5.41) is 0.654. The molecule has 154 valence electrons. The molecule has 3 rings (SSSR count). The maximum Gasteiger partial charge on any atom is 0.242 e. The van der Waals surface area contributed by atoms with Gasteiger partial charge in [-0.1, -0.05) is 53.5 Å². The molecule has 0 saturated carbocycles. The molecule has 1 aliphatic rings. The van der Waals surface area contributed by atoms with Crippen LogP contribution in [0, 0.1) is 13.8 Å². The highest BCUT2D eigenvalue weighted by Gasteiger charge is 2.28. The van der Waals surface area contributed by atoms with E-state index in [0.717, 1.165) is 32.5 Å². The molecule has 0 radical (unpaired) electrons. The molecule has 0 aromatic heterocycles. The van der Waals surface area contributed by atoms with Gasteiger partial charge in [0, 0.05) is 30.7 Å². The number of sulfonamides is 1. The van der Waals surface area contributed by atoms with Gasteiger partial charge in [0.1, 0.15) is 4.90 Å². The molecular weight excluding hydrogens is 439 g/mol. The number of nitrogens with one attached hydrogen (secondary N) is 1. The van der Waals surface area contributed by atoms with Gasteiger partial charge in [-0.05, 0) is 49.4 Å². The zero-order valence-corrected chi connectivity index (χ0v) is 19.1. The van der Waals surface area contributed by atoms with E-state index in [1.165, 1.54) is 5.56 Å². The Balaban J connectivity index is 0.00000280. The summed E-state index contributed by atoms with van der Waals surface area (Å²) in [6.45, 7) is 6.03. The van der Waals surface area contributed by atoms with Crippen molar-refractivity contribution in [3.8, 4) is 0 Å². The van der Waals surface area contributed by atoms with Gasteiger partial charge in [-0.2, -0.15) is 0 Å². The second-order valence-electron chi connectivity index (χ2n) is 7.10. The van der Waals surface area contributed by atoms with Gasteiger partial charge in [-0.25, -0.2) is 13.1 Å². The zero-order valence-electron chi connectivity index (χ0n) is 15.9. The second-order valence-corrected chi connectivity index (χ2v) is 9.54. The zero-order chi connectivity index (χ0) is 19.6. The summed E-state index contributed by atoms with van der Waals surface area (Å²) < 4.78 is 28.7. The molecule has 0 aliphatic carbocycles. The Hall–Kier alpha value is -0.820. The minimum atomic E-state index is -3.73. The van der Waals surface area contributed by atoms with Crippen molar-refractivity contribution in [2.24, 2.45) is 0 Å². The Morgan fingerprint density at radius 1 is 1.11 bits per heavy atom. The molecule has 0 spiro atoms. The average molecular weight is 464 g/mol. The van der Waals surface area contributed by atoms with Crippen LogP contribution in [-0.2, 0) is 16.6 Å². The van der Waals surface area contributed by atoms with Crippen molar-refractivity contribution in [3.63, 3.8) is 0 Å². The van der Waals surface area contributed by atoms with Crippen molar-refractivity contribution < 1.29 is 8.42 Å². The molecule has 1 fully saturated rings. The predicted octanol–water partition coefficient (Wildman–Crippen LogP) is 4.97. The number of likely N-dealkylation sites (tertiary alicyclic amines) is 1. The number of halogens is 3. The molecule has 4 nitrogen and oxygen atoms in total. The number of aryl methyl sites for hydroxylation is 1. The Morgan fingerprint density at radius 2 is 1.71 bits per heavy atom. The first kappa shape index (κ1) is 23.5. The van der Waals surface area contributed by atoms with Gasteiger partial charge in [0.25, 0.3) is 0 Å². The number of nitrogens with zero attached hydrogens (tertiary/aromatic N) is 1. The van der Waals surface area contributed by atoms with Crippen LogP contribution in [0.3, 0.4) is 0 Å². The number of rotatable bonds is 5. The van der Waals surface area contributed by atoms with E-state index in [4.69, 9.17) is 23.2 Å². The van der Waals surface area contributed by atoms with Gasteiger partial charge in [-0.15, -0.1) is 12.4 Å². The fourth-order valence-electron chi connectivity index (χ4n) is 3.46. The van der Waals surface area contributed by atoms with Gasteiger partial charge < -0.3 is 0 Å². The van der Waals surface area contributed by atoms with Crippen LogP contribution in [0.15, 0.2) is 41.3 Å². The number of hydrogen-bond acceptors (Lipinski definition) is 3. The van der Waals surface area contributed by atoms with E-state index in [9.17, 15) is 8.42 Å². The van der Waals surface area contributed by atoms with E-state index in [0.29, 0.717) is 16.1 Å². The third kappa shape index (κ3) is 5.41. The fraction of sp³-hybridized carbons (Fsp3) is 0.400. The molecule has 2 aromatic carbocycles. The Morgan fingerprint density at radius 3 is 2.32 bits per heavy atom. The molecule has 2 aromatic rings. The Kier molecular flexibility index (Phi) is 8.20. The van der Waals surface area contributed by atoms with Crippen LogP contribution in [0.5, 0.6) is 0 Å². The van der Waals surface area contributed by atoms with Crippen LogP contribution in [0.4, 0.5) is 0 Å². The molecule has 0 bridgehead atoms. The summed E-state index contributed by atoms with van der Waals surface area (Å²) in [5.74, 6) is 0. The minimum Gasteiger partial charge on any atom is -0.299 e. The molecule has 28 heavy (non-hydrogen) atoms. The van der Waals surface area contributed by atoms with Gasteiger partial charge in [-0.3, -0.25) is 4.90 Å². The lowest BCUT2D eigenvalue weighted by Crippen LogP contribution is -2.44. The fourth-order valence-corrected chi connectivity index (χ4v) is 5.98. The smallest absolute Gasteiger partial charge is 0.242 e. The molecular formula is C20H25Cl3N2O2S. The predicted molar refractivity (Wildman–Crippen MR) is 118 cm³/mol. The summed E-state index contributed by atoms with van der Waals surface area (Å²) in [5.41, 5.74) is 2.42. The van der Waals surface area contributed by atoms with Crippen molar-refractivity contribution in [3.05, 3.63) is 63.1 Å². The number of benzene rings is 2. The highest BCUT2D eigenvalue weighted by Crippen LogP contribution is 2.33. The van der Waals surface area contributed by atoms with Gasteiger partial charge in [0.2, 0.25) is 10.0 Å². The van der Waals surface area contributed by atoms with Crippen LogP contribution in [0.1, 0.15) is 29.5 Å². The van der Waals surface area contributed by atoms with Crippen molar-refractivity contribution in [2.75, 3.05) is 13.1 Å². The first-order valence-corrected chi connectivity index (χ1v) is 11.3. The van der Waals surface area contributed by atoms with E-state index < -0.39 is 10.0 Å². The third-order valence-corrected chi connectivity index (χ3v) is 7.70. The summed E-state index contributed by atoms with van der Waals surface area (Å²) in [4.78, 5) is 2.45. The maximum atomic E-state index is 13.0. The summed E-state index contributed by atoms with van der Waals surface area (Å²) in [6.07, 6.45) is 1.53. The summed E-state index contributed by atoms with van der Waals surface area (Å²) in [7, 11) is -3.73. The van der Waals surface area contributed by atoms with E-state index in [-0.39, 0.29) is 28.4 Å². The van der Waals surface area contributed by atoms with Crippen molar-refractivity contribution in [2.45, 2.75) is 44.2 Å². The SMILES string of the molecule is Cc1cc(Cl)c(C)c(S(=O)(=O)NC2CCN(Cc3ccccc3)CC2)c1Cl.Cl. The lowest BCUT2D eigenvalue weighted by molar-refractivity contribution is 0.200. The summed E-state index contributed by atoms with van der Waals surface area (Å²) in [6, 6.07) is 11.9. The average Bonchev–Trinajstić information content (AvgIpc) is 2.62. The lowest BCUT2D eigenvalue weighted by atomic mass is 10.1. The summed E-state index contributed by atoms with van der Waals surface area (Å²) >= 11 is 12.5. The first-order chi connectivity index (χ1) is 12.8. The van der Waals surface area contributed by atoms with E-state index in [2.05, 4.69) is 21.8 Å².